The molecule has 7 nitrogen and oxygen atoms in total. The number of ether oxygens (including phenoxy) is 1. The van der Waals surface area contributed by atoms with E-state index in [0.717, 1.165) is 31.2 Å². The summed E-state index contributed by atoms with van der Waals surface area (Å²) in [5, 5.41) is 0.318. The summed E-state index contributed by atoms with van der Waals surface area (Å²) in [6.07, 6.45) is 10.7. The monoisotopic (exact) mass is 380 g/mol. The van der Waals surface area contributed by atoms with Gasteiger partial charge < -0.3 is 9.30 Å². The van der Waals surface area contributed by atoms with Gasteiger partial charge in [-0.25, -0.2) is 14.8 Å². The van der Waals surface area contributed by atoms with E-state index in [-0.39, 0.29) is 12.2 Å². The van der Waals surface area contributed by atoms with Gasteiger partial charge in [0.2, 0.25) is 5.43 Å². The molecule has 0 atom stereocenters. The van der Waals surface area contributed by atoms with Gasteiger partial charge in [0.15, 0.2) is 5.82 Å². The second-order valence-electron chi connectivity index (χ2n) is 6.51. The van der Waals surface area contributed by atoms with E-state index in [1.54, 1.807) is 25.5 Å². The molecule has 0 radical (unpaired) electrons. The standard InChI is InChI=1S/C21H24N4O3/c1-3-5-6-7-12-25-14-17(21(27)28-4-2)18(26)16-13-23-19(24-20(16)25)15-8-10-22-11-9-15/h8-11,13-14H,3-7,12H2,1-2H3. The Balaban J connectivity index is 2.11. The van der Waals surface area contributed by atoms with Crippen LogP contribution in [-0.2, 0) is 11.3 Å². The summed E-state index contributed by atoms with van der Waals surface area (Å²) in [6.45, 7) is 4.74. The van der Waals surface area contributed by atoms with E-state index >= 15 is 0 Å². The highest BCUT2D eigenvalue weighted by molar-refractivity contribution is 5.93. The molecule has 3 heterocycles. The van der Waals surface area contributed by atoms with Crippen LogP contribution in [0.4, 0.5) is 0 Å². The predicted molar refractivity (Wildman–Crippen MR) is 107 cm³/mol. The summed E-state index contributed by atoms with van der Waals surface area (Å²) in [5.74, 6) is -0.101. The van der Waals surface area contributed by atoms with Gasteiger partial charge in [0, 0.05) is 36.9 Å². The number of hydrogen-bond donors (Lipinski definition) is 0. The highest BCUT2D eigenvalue weighted by Crippen LogP contribution is 2.18. The third-order valence-corrected chi connectivity index (χ3v) is 4.50. The Hall–Kier alpha value is -3.09. The number of rotatable bonds is 8. The maximum atomic E-state index is 12.8. The molecule has 0 saturated carbocycles. The Morgan fingerprint density at radius 2 is 1.93 bits per heavy atom. The van der Waals surface area contributed by atoms with Crippen LogP contribution in [0.25, 0.3) is 22.4 Å². The van der Waals surface area contributed by atoms with Crippen molar-refractivity contribution >= 4 is 17.0 Å². The van der Waals surface area contributed by atoms with E-state index in [4.69, 9.17) is 4.74 Å². The summed E-state index contributed by atoms with van der Waals surface area (Å²) >= 11 is 0. The number of aromatic nitrogens is 4. The third kappa shape index (κ3) is 4.24. The van der Waals surface area contributed by atoms with Crippen molar-refractivity contribution in [3.63, 3.8) is 0 Å². The lowest BCUT2D eigenvalue weighted by molar-refractivity contribution is 0.0524. The molecule has 0 aromatic carbocycles. The van der Waals surface area contributed by atoms with Crippen LogP contribution in [0.15, 0.2) is 41.7 Å². The lowest BCUT2D eigenvalue weighted by Gasteiger charge is -2.13. The van der Waals surface area contributed by atoms with Crippen LogP contribution in [0.5, 0.6) is 0 Å². The number of hydrogen-bond acceptors (Lipinski definition) is 6. The number of esters is 1. The Bertz CT molecular complexity index is 1020. The maximum Gasteiger partial charge on any atom is 0.343 e. The number of fused-ring (bicyclic) bond motifs is 1. The molecule has 0 spiro atoms. The number of nitrogens with zero attached hydrogens (tertiary/aromatic N) is 4. The van der Waals surface area contributed by atoms with Gasteiger partial charge in [0.05, 0.1) is 12.0 Å². The maximum absolute atomic E-state index is 12.8. The molecular formula is C21H24N4O3. The van der Waals surface area contributed by atoms with Crippen molar-refractivity contribution in [3.05, 3.63) is 52.7 Å². The van der Waals surface area contributed by atoms with Crippen molar-refractivity contribution in [2.75, 3.05) is 6.61 Å². The minimum Gasteiger partial charge on any atom is -0.462 e. The van der Waals surface area contributed by atoms with Crippen molar-refractivity contribution < 1.29 is 9.53 Å². The number of aryl methyl sites for hydroxylation is 1. The van der Waals surface area contributed by atoms with Gasteiger partial charge in [0.1, 0.15) is 11.2 Å². The molecule has 0 aliphatic rings. The van der Waals surface area contributed by atoms with Gasteiger partial charge in [-0.3, -0.25) is 9.78 Å². The average Bonchev–Trinajstić information content (AvgIpc) is 2.73. The first kappa shape index (κ1) is 19.7. The van der Waals surface area contributed by atoms with Crippen molar-refractivity contribution in [1.82, 2.24) is 19.5 Å². The fourth-order valence-corrected chi connectivity index (χ4v) is 3.05. The summed E-state index contributed by atoms with van der Waals surface area (Å²) in [5.41, 5.74) is 0.956. The Kier molecular flexibility index (Phi) is 6.47. The van der Waals surface area contributed by atoms with Gasteiger partial charge in [-0.1, -0.05) is 26.2 Å². The number of carbonyl (C=O) groups is 1. The van der Waals surface area contributed by atoms with Crippen molar-refractivity contribution in [2.24, 2.45) is 0 Å². The molecule has 0 saturated heterocycles. The number of pyridine rings is 2. The summed E-state index contributed by atoms with van der Waals surface area (Å²) in [6, 6.07) is 3.63. The fraction of sp³-hybridized carbons (Fsp3) is 0.381. The molecule has 7 heteroatoms. The third-order valence-electron chi connectivity index (χ3n) is 4.50. The summed E-state index contributed by atoms with van der Waals surface area (Å²) in [4.78, 5) is 38.0. The summed E-state index contributed by atoms with van der Waals surface area (Å²) in [7, 11) is 0. The van der Waals surface area contributed by atoms with Gasteiger partial charge >= 0.3 is 5.97 Å². The van der Waals surface area contributed by atoms with Crippen LogP contribution in [0.2, 0.25) is 0 Å². The van der Waals surface area contributed by atoms with E-state index in [0.29, 0.717) is 23.4 Å². The highest BCUT2D eigenvalue weighted by atomic mass is 16.5. The number of carbonyl (C=O) groups excluding carboxylic acids is 1. The lowest BCUT2D eigenvalue weighted by Crippen LogP contribution is -2.22. The van der Waals surface area contributed by atoms with E-state index in [9.17, 15) is 9.59 Å². The lowest BCUT2D eigenvalue weighted by atomic mass is 10.1. The quantitative estimate of drug-likeness (QED) is 0.438. The molecule has 0 bridgehead atoms. The van der Waals surface area contributed by atoms with Crippen LogP contribution in [0.1, 0.15) is 49.9 Å². The molecule has 0 amide bonds. The zero-order chi connectivity index (χ0) is 19.9. The SMILES string of the molecule is CCCCCCn1cc(C(=O)OCC)c(=O)c2cnc(-c3ccncc3)nc21. The molecule has 3 aromatic rings. The van der Waals surface area contributed by atoms with Gasteiger partial charge in [-0.15, -0.1) is 0 Å². The van der Waals surface area contributed by atoms with Gasteiger partial charge in [-0.2, -0.15) is 0 Å². The van der Waals surface area contributed by atoms with E-state index in [1.807, 2.05) is 16.7 Å². The Morgan fingerprint density at radius 3 is 2.64 bits per heavy atom. The minimum absolute atomic E-state index is 0.0186. The van der Waals surface area contributed by atoms with Crippen LogP contribution < -0.4 is 5.43 Å². The molecule has 0 aliphatic heterocycles. The van der Waals surface area contributed by atoms with E-state index in [2.05, 4.69) is 21.9 Å². The molecule has 0 aliphatic carbocycles. The first-order chi connectivity index (χ1) is 13.7. The zero-order valence-corrected chi connectivity index (χ0v) is 16.2. The van der Waals surface area contributed by atoms with Crippen LogP contribution in [-0.4, -0.2) is 32.1 Å². The normalized spacial score (nSPS) is 10.9. The topological polar surface area (TPSA) is 87.0 Å². The second kappa shape index (κ2) is 9.21. The smallest absolute Gasteiger partial charge is 0.343 e. The van der Waals surface area contributed by atoms with E-state index < -0.39 is 11.4 Å². The molecule has 28 heavy (non-hydrogen) atoms. The Morgan fingerprint density at radius 1 is 1.14 bits per heavy atom. The predicted octanol–water partition coefficient (Wildman–Crippen LogP) is 3.61. The summed E-state index contributed by atoms with van der Waals surface area (Å²) < 4.78 is 6.91. The Labute approximate surface area is 163 Å². The average molecular weight is 380 g/mol. The van der Waals surface area contributed by atoms with Gasteiger partial charge in [-0.05, 0) is 25.5 Å². The van der Waals surface area contributed by atoms with Crippen LogP contribution in [0, 0.1) is 0 Å². The van der Waals surface area contributed by atoms with Crippen molar-refractivity contribution in [1.29, 1.82) is 0 Å². The molecular weight excluding hydrogens is 356 g/mol. The molecule has 0 fully saturated rings. The van der Waals surface area contributed by atoms with Gasteiger partial charge in [0.25, 0.3) is 0 Å². The molecule has 3 rings (SSSR count). The van der Waals surface area contributed by atoms with Crippen molar-refractivity contribution in [3.8, 4) is 11.4 Å². The fourth-order valence-electron chi connectivity index (χ4n) is 3.05. The molecule has 3 aromatic heterocycles. The molecule has 0 N–H and O–H groups in total. The van der Waals surface area contributed by atoms with Crippen LogP contribution in [0.3, 0.4) is 0 Å². The second-order valence-corrected chi connectivity index (χ2v) is 6.51. The molecule has 0 unspecified atom stereocenters. The minimum atomic E-state index is -0.616. The van der Waals surface area contributed by atoms with Crippen LogP contribution >= 0.6 is 0 Å². The number of unbranched alkanes of at least 4 members (excludes halogenated alkanes) is 3. The first-order valence-corrected chi connectivity index (χ1v) is 9.63. The van der Waals surface area contributed by atoms with E-state index in [1.165, 1.54) is 6.20 Å². The zero-order valence-electron chi connectivity index (χ0n) is 16.2. The molecule has 146 valence electrons. The first-order valence-electron chi connectivity index (χ1n) is 9.63. The van der Waals surface area contributed by atoms with Crippen molar-refractivity contribution in [2.45, 2.75) is 46.1 Å². The highest BCUT2D eigenvalue weighted by Gasteiger charge is 2.18. The largest absolute Gasteiger partial charge is 0.462 e.